The number of benzene rings is 4. The minimum atomic E-state index is -2.52. The van der Waals surface area contributed by atoms with Gasteiger partial charge in [0.2, 0.25) is 5.79 Å². The Kier molecular flexibility index (Phi) is 8.18. The van der Waals surface area contributed by atoms with Crippen LogP contribution in [0.15, 0.2) is 72.8 Å². The monoisotopic (exact) mass is 749 g/mol. The molecule has 7 N–H and O–H groups in total. The number of aliphatic hydroxyl groups is 5. The summed E-state index contributed by atoms with van der Waals surface area (Å²) >= 11 is 0. The van der Waals surface area contributed by atoms with Gasteiger partial charge in [-0.2, -0.15) is 0 Å². The van der Waals surface area contributed by atoms with Crippen LogP contribution >= 0.6 is 0 Å². The van der Waals surface area contributed by atoms with Gasteiger partial charge in [-0.1, -0.05) is 61.7 Å². The van der Waals surface area contributed by atoms with Crippen LogP contribution in [0.5, 0.6) is 11.5 Å². The first-order valence-electron chi connectivity index (χ1n) is 19.8. The van der Waals surface area contributed by atoms with Crippen LogP contribution in [0.4, 0.5) is 0 Å². The van der Waals surface area contributed by atoms with E-state index in [1.165, 1.54) is 0 Å². The molecule has 4 aromatic carbocycles. The average molecular weight is 750 g/mol. The molecule has 0 bridgehead atoms. The molecule has 3 heterocycles. The van der Waals surface area contributed by atoms with Gasteiger partial charge in [-0.25, -0.2) is 4.79 Å². The molecule has 0 amide bonds. The van der Waals surface area contributed by atoms with Crippen LogP contribution in [0.3, 0.4) is 0 Å². The Labute approximate surface area is 317 Å². The number of phenolic OH excluding ortho intramolecular Hbond substituents is 1. The first kappa shape index (κ1) is 35.4. The van der Waals surface area contributed by atoms with Crippen molar-refractivity contribution >= 4 is 38.4 Å². The van der Waals surface area contributed by atoms with Crippen molar-refractivity contribution in [2.45, 2.75) is 112 Å². The molecule has 11 heteroatoms. The lowest BCUT2D eigenvalue weighted by molar-refractivity contribution is -0.363. The third kappa shape index (κ3) is 4.97. The molecule has 1 aromatic heterocycles. The van der Waals surface area contributed by atoms with Gasteiger partial charge >= 0.3 is 5.97 Å². The number of ether oxygens (including phenoxy) is 3. The summed E-state index contributed by atoms with van der Waals surface area (Å²) in [4.78, 5) is 17.8. The molecule has 5 aliphatic rings. The minimum Gasteiger partial charge on any atom is -0.508 e. The van der Waals surface area contributed by atoms with Gasteiger partial charge in [0, 0.05) is 17.3 Å². The summed E-state index contributed by atoms with van der Waals surface area (Å²) in [5, 5.41) is 73.3. The second-order valence-corrected chi connectivity index (χ2v) is 16.8. The van der Waals surface area contributed by atoms with Crippen molar-refractivity contribution in [3.63, 3.8) is 0 Å². The maximum atomic E-state index is 14.6. The van der Waals surface area contributed by atoms with Gasteiger partial charge in [-0.05, 0) is 102 Å². The maximum absolute atomic E-state index is 14.6. The molecule has 5 aromatic rings. The Balaban J connectivity index is 1.07. The maximum Gasteiger partial charge on any atom is 0.343 e. The van der Waals surface area contributed by atoms with Crippen molar-refractivity contribution in [2.24, 2.45) is 17.8 Å². The lowest BCUT2D eigenvalue weighted by Crippen LogP contribution is -2.75. The van der Waals surface area contributed by atoms with Crippen molar-refractivity contribution in [2.75, 3.05) is 0 Å². The van der Waals surface area contributed by atoms with Crippen LogP contribution in [-0.4, -0.2) is 83.5 Å². The summed E-state index contributed by atoms with van der Waals surface area (Å²) in [6.45, 7) is -0.463. The summed E-state index contributed by atoms with van der Waals surface area (Å²) in [6, 6.07) is 23.0. The van der Waals surface area contributed by atoms with E-state index >= 15 is 0 Å². The van der Waals surface area contributed by atoms with Gasteiger partial charge in [-0.15, -0.1) is 0 Å². The van der Waals surface area contributed by atoms with Crippen molar-refractivity contribution in [3.05, 3.63) is 84.1 Å². The second-order valence-electron chi connectivity index (χ2n) is 16.8. The molecule has 0 unspecified atom stereocenters. The molecular formula is C44H47NO10. The first-order chi connectivity index (χ1) is 26.6. The summed E-state index contributed by atoms with van der Waals surface area (Å²) in [7, 11) is 0. The topological polar surface area (TPSA) is 182 Å². The predicted molar refractivity (Wildman–Crippen MR) is 202 cm³/mol. The van der Waals surface area contributed by atoms with E-state index in [2.05, 4.69) is 11.1 Å². The van der Waals surface area contributed by atoms with Gasteiger partial charge in [0.25, 0.3) is 0 Å². The summed E-state index contributed by atoms with van der Waals surface area (Å²) in [5.74, 6) is -4.56. The van der Waals surface area contributed by atoms with E-state index in [1.54, 1.807) is 12.1 Å². The number of aliphatic hydroxyl groups excluding tert-OH is 3. The number of fused-ring (bicyclic) bond motifs is 6. The smallest absolute Gasteiger partial charge is 0.343 e. The van der Waals surface area contributed by atoms with Crippen molar-refractivity contribution in [1.82, 2.24) is 4.98 Å². The molecule has 288 valence electrons. The zero-order chi connectivity index (χ0) is 37.9. The van der Waals surface area contributed by atoms with Crippen molar-refractivity contribution in [1.29, 1.82) is 0 Å². The normalized spacial score (nSPS) is 35.4. The SMILES string of the molecule is O=C(Oc1c(CO)[nH]c2ccc3cc4ccccc4cc3c12)[C@@H]1O[C@@]2(O)[C@H](O)CC[C@@H]3[C@H]4CC[C@H](O)[C@H](C5(c6ccc(O)cc6)CCCCC5)[C@H]4O[C@@H]1[C@]32O. The highest BCUT2D eigenvalue weighted by molar-refractivity contribution is 6.14. The van der Waals surface area contributed by atoms with Gasteiger partial charge in [0.05, 0.1) is 35.4 Å². The number of H-pyrrole nitrogens is 1. The standard InChI is InChI=1S/C44H47NO10/c46-22-32-38(35-29-21-24-7-3-2-6-23(24)20-25(29)8-15-31(35)45-32)54-41(50)39-40-43(51)30(14-17-34(49)44(43,52)55-39)28-13-16-33(48)36(37(28)53-40)42(18-4-1-5-19-42)26-9-11-27(47)12-10-26/h2-3,6-12,15,20-21,28,30,33-34,36-37,39-40,45-49,51-52H,1,4-5,13-14,16-19,22H2/t28-,30-,33+,34-,36+,37+,39-,40+,43-,44+/m1/s1. The average Bonchev–Trinajstić information content (AvgIpc) is 3.67. The van der Waals surface area contributed by atoms with Crippen molar-refractivity contribution < 1.29 is 49.6 Å². The van der Waals surface area contributed by atoms with E-state index in [4.69, 9.17) is 14.2 Å². The number of esters is 1. The quantitative estimate of drug-likeness (QED) is 0.0930. The van der Waals surface area contributed by atoms with Gasteiger partial charge < -0.3 is 49.8 Å². The Morgan fingerprint density at radius 3 is 2.36 bits per heavy atom. The minimum absolute atomic E-state index is 0.103. The third-order valence-corrected chi connectivity index (χ3v) is 14.3. The molecule has 0 radical (unpaired) electrons. The number of aromatic nitrogens is 1. The zero-order valence-electron chi connectivity index (χ0n) is 30.4. The Morgan fingerprint density at radius 2 is 1.62 bits per heavy atom. The van der Waals surface area contributed by atoms with E-state index in [-0.39, 0.29) is 29.5 Å². The predicted octanol–water partition coefficient (Wildman–Crippen LogP) is 5.22. The van der Waals surface area contributed by atoms with E-state index in [9.17, 15) is 35.4 Å². The van der Waals surface area contributed by atoms with E-state index in [0.717, 1.165) is 59.2 Å². The van der Waals surface area contributed by atoms with Gasteiger partial charge in [-0.3, -0.25) is 0 Å². The molecule has 10 atom stereocenters. The number of carbonyl (C=O) groups excluding carboxylic acids is 1. The fraction of sp³-hybridized carbons (Fsp3) is 0.477. The highest BCUT2D eigenvalue weighted by atomic mass is 16.7. The molecule has 55 heavy (non-hydrogen) atoms. The molecule has 3 saturated carbocycles. The lowest BCUT2D eigenvalue weighted by Gasteiger charge is -2.62. The van der Waals surface area contributed by atoms with E-state index in [1.807, 2.05) is 54.6 Å². The molecule has 10 rings (SSSR count). The molecule has 2 saturated heterocycles. The Morgan fingerprint density at radius 1 is 0.873 bits per heavy atom. The van der Waals surface area contributed by atoms with Gasteiger partial charge in [0.15, 0.2) is 17.5 Å². The van der Waals surface area contributed by atoms with Crippen LogP contribution in [0.25, 0.3) is 32.4 Å². The molecule has 5 fully saturated rings. The molecule has 11 nitrogen and oxygen atoms in total. The zero-order valence-corrected chi connectivity index (χ0v) is 30.4. The molecule has 3 aliphatic carbocycles. The summed E-state index contributed by atoms with van der Waals surface area (Å²) < 4.78 is 19.3. The number of hydrogen-bond acceptors (Lipinski definition) is 10. The second kappa shape index (κ2) is 12.7. The molecule has 2 aliphatic heterocycles. The van der Waals surface area contributed by atoms with Crippen LogP contribution < -0.4 is 4.74 Å². The highest BCUT2D eigenvalue weighted by Crippen LogP contribution is 2.63. The van der Waals surface area contributed by atoms with Crippen LogP contribution in [0, 0.1) is 17.8 Å². The lowest BCUT2D eigenvalue weighted by atomic mass is 9.50. The Hall–Kier alpha value is -4.07. The number of hydrogen-bond donors (Lipinski definition) is 7. The number of aromatic amines is 1. The van der Waals surface area contributed by atoms with Gasteiger partial charge in [0.1, 0.15) is 18.0 Å². The molecular weight excluding hydrogens is 702 g/mol. The van der Waals surface area contributed by atoms with E-state index in [0.29, 0.717) is 30.2 Å². The van der Waals surface area contributed by atoms with E-state index < -0.39 is 71.7 Å². The number of rotatable bonds is 5. The number of aromatic hydroxyl groups is 1. The number of carbonyl (C=O) groups is 1. The number of phenols is 1. The number of nitrogens with one attached hydrogen (secondary N) is 1. The largest absolute Gasteiger partial charge is 0.508 e. The van der Waals surface area contributed by atoms with Crippen LogP contribution in [0.2, 0.25) is 0 Å². The first-order valence-corrected chi connectivity index (χ1v) is 19.8. The highest BCUT2D eigenvalue weighted by Gasteiger charge is 2.78. The summed E-state index contributed by atoms with van der Waals surface area (Å²) in [5.41, 5.74) is -0.750. The van der Waals surface area contributed by atoms with Crippen LogP contribution in [-0.2, 0) is 26.3 Å². The third-order valence-electron chi connectivity index (χ3n) is 14.3. The fourth-order valence-electron chi connectivity index (χ4n) is 11.8. The van der Waals surface area contributed by atoms with Crippen LogP contribution in [0.1, 0.15) is 69.0 Å². The Bertz CT molecular complexity index is 2300. The fourth-order valence-corrected chi connectivity index (χ4v) is 11.8. The van der Waals surface area contributed by atoms with Crippen molar-refractivity contribution in [3.8, 4) is 11.5 Å². The molecule has 0 spiro atoms. The summed E-state index contributed by atoms with van der Waals surface area (Å²) in [6.07, 6.45) is 0.0552.